The Morgan fingerprint density at radius 2 is 1.82 bits per heavy atom. The van der Waals surface area contributed by atoms with Gasteiger partial charge in [0.15, 0.2) is 0 Å². The number of hydrogen-bond acceptors (Lipinski definition) is 4. The third-order valence-electron chi connectivity index (χ3n) is 4.29. The highest BCUT2D eigenvalue weighted by Crippen LogP contribution is 2.20. The fraction of sp³-hybridized carbons (Fsp3) is 0.190. The Labute approximate surface area is 164 Å². The van der Waals surface area contributed by atoms with Crippen LogP contribution < -0.4 is 10.0 Å². The lowest BCUT2D eigenvalue weighted by atomic mass is 10.1. The predicted octanol–water partition coefficient (Wildman–Crippen LogP) is 4.29. The van der Waals surface area contributed by atoms with E-state index in [1.807, 2.05) is 13.0 Å². The largest absolute Gasteiger partial charge is 0.370 e. The van der Waals surface area contributed by atoms with E-state index >= 15 is 0 Å². The molecule has 1 aromatic heterocycles. The zero-order valence-electron chi connectivity index (χ0n) is 15.7. The quantitative estimate of drug-likeness (QED) is 0.622. The second kappa shape index (κ2) is 8.39. The zero-order chi connectivity index (χ0) is 20.1. The van der Waals surface area contributed by atoms with Crippen LogP contribution in [-0.4, -0.2) is 19.9 Å². The summed E-state index contributed by atoms with van der Waals surface area (Å²) in [6, 6.07) is 15.1. The second-order valence-electron chi connectivity index (χ2n) is 6.57. The van der Waals surface area contributed by atoms with Crippen LogP contribution in [0.2, 0.25) is 0 Å². The number of sulfonamides is 1. The van der Waals surface area contributed by atoms with E-state index in [1.165, 1.54) is 12.3 Å². The normalized spacial score (nSPS) is 11.2. The lowest BCUT2D eigenvalue weighted by Gasteiger charge is -2.11. The average Bonchev–Trinajstić information content (AvgIpc) is 2.64. The van der Waals surface area contributed by atoms with Crippen molar-refractivity contribution in [3.63, 3.8) is 0 Å². The van der Waals surface area contributed by atoms with E-state index in [1.54, 1.807) is 49.4 Å². The summed E-state index contributed by atoms with van der Waals surface area (Å²) in [6.45, 7) is 4.20. The van der Waals surface area contributed by atoms with Gasteiger partial charge in [-0.3, -0.25) is 4.72 Å². The highest BCUT2D eigenvalue weighted by molar-refractivity contribution is 7.92. The SMILES string of the molecule is Cc1ccc(S(=O)(=O)Nc2ccc(NCCc3ccccc3F)nc2)c(C)c1. The van der Waals surface area contributed by atoms with Gasteiger partial charge in [-0.1, -0.05) is 35.9 Å². The number of nitrogens with one attached hydrogen (secondary N) is 2. The molecule has 0 unspecified atom stereocenters. The van der Waals surface area contributed by atoms with Gasteiger partial charge < -0.3 is 5.32 Å². The lowest BCUT2D eigenvalue weighted by Crippen LogP contribution is -2.14. The van der Waals surface area contributed by atoms with Gasteiger partial charge in [0.05, 0.1) is 16.8 Å². The summed E-state index contributed by atoms with van der Waals surface area (Å²) in [5.41, 5.74) is 2.70. The van der Waals surface area contributed by atoms with Crippen molar-refractivity contribution in [2.24, 2.45) is 0 Å². The number of anilines is 2. The van der Waals surface area contributed by atoms with Gasteiger partial charge in [0.1, 0.15) is 11.6 Å². The minimum absolute atomic E-state index is 0.228. The second-order valence-corrected chi connectivity index (χ2v) is 8.23. The van der Waals surface area contributed by atoms with Gasteiger partial charge in [0.2, 0.25) is 0 Å². The van der Waals surface area contributed by atoms with Crippen LogP contribution in [0.15, 0.2) is 65.7 Å². The molecule has 0 amide bonds. The van der Waals surface area contributed by atoms with Crippen molar-refractivity contribution >= 4 is 21.5 Å². The molecule has 0 spiro atoms. The Kier molecular flexibility index (Phi) is 5.94. The molecule has 7 heteroatoms. The molecule has 5 nitrogen and oxygen atoms in total. The molecule has 0 fully saturated rings. The van der Waals surface area contributed by atoms with Gasteiger partial charge in [-0.15, -0.1) is 0 Å². The summed E-state index contributed by atoms with van der Waals surface area (Å²) in [4.78, 5) is 4.46. The molecule has 0 bridgehead atoms. The van der Waals surface area contributed by atoms with Gasteiger partial charge in [0, 0.05) is 6.54 Å². The molecule has 0 atom stereocenters. The highest BCUT2D eigenvalue weighted by atomic mass is 32.2. The highest BCUT2D eigenvalue weighted by Gasteiger charge is 2.17. The Hall–Kier alpha value is -2.93. The van der Waals surface area contributed by atoms with Crippen LogP contribution >= 0.6 is 0 Å². The predicted molar refractivity (Wildman–Crippen MR) is 110 cm³/mol. The molecule has 1 heterocycles. The monoisotopic (exact) mass is 399 g/mol. The summed E-state index contributed by atoms with van der Waals surface area (Å²) in [6.07, 6.45) is 1.97. The first-order valence-corrected chi connectivity index (χ1v) is 10.4. The molecule has 0 saturated heterocycles. The van der Waals surface area contributed by atoms with Crippen LogP contribution in [-0.2, 0) is 16.4 Å². The molecule has 146 valence electrons. The number of hydrogen-bond donors (Lipinski definition) is 2. The first-order valence-electron chi connectivity index (χ1n) is 8.88. The molecule has 2 aromatic carbocycles. The maximum atomic E-state index is 13.6. The maximum absolute atomic E-state index is 13.6. The minimum Gasteiger partial charge on any atom is -0.370 e. The molecule has 0 radical (unpaired) electrons. The smallest absolute Gasteiger partial charge is 0.262 e. The maximum Gasteiger partial charge on any atom is 0.262 e. The number of rotatable bonds is 7. The summed E-state index contributed by atoms with van der Waals surface area (Å²) in [5, 5.41) is 3.10. The molecular weight excluding hydrogens is 377 g/mol. The molecule has 0 aliphatic rings. The first-order chi connectivity index (χ1) is 13.3. The molecule has 3 rings (SSSR count). The Morgan fingerprint density at radius 1 is 1.04 bits per heavy atom. The van der Waals surface area contributed by atoms with Crippen molar-refractivity contribution in [1.82, 2.24) is 4.98 Å². The summed E-state index contributed by atoms with van der Waals surface area (Å²) in [7, 11) is -3.68. The molecule has 0 saturated carbocycles. The summed E-state index contributed by atoms with van der Waals surface area (Å²) in [5.74, 6) is 0.360. The molecule has 2 N–H and O–H groups in total. The van der Waals surface area contributed by atoms with Crippen molar-refractivity contribution in [2.45, 2.75) is 25.2 Å². The lowest BCUT2D eigenvalue weighted by molar-refractivity contribution is 0.600. The molecule has 28 heavy (non-hydrogen) atoms. The third-order valence-corrected chi connectivity index (χ3v) is 5.84. The van der Waals surface area contributed by atoms with Crippen molar-refractivity contribution in [2.75, 3.05) is 16.6 Å². The summed E-state index contributed by atoms with van der Waals surface area (Å²) < 4.78 is 41.3. The van der Waals surface area contributed by atoms with Gasteiger partial charge >= 0.3 is 0 Å². The number of aryl methyl sites for hydroxylation is 2. The van der Waals surface area contributed by atoms with Crippen LogP contribution in [0.4, 0.5) is 15.9 Å². The van der Waals surface area contributed by atoms with Gasteiger partial charge in [0.25, 0.3) is 10.0 Å². The molecule has 3 aromatic rings. The van der Waals surface area contributed by atoms with E-state index < -0.39 is 10.0 Å². The first kappa shape index (κ1) is 19.8. The van der Waals surface area contributed by atoms with E-state index in [2.05, 4.69) is 15.0 Å². The van der Waals surface area contributed by atoms with Crippen LogP contribution in [0, 0.1) is 19.7 Å². The van der Waals surface area contributed by atoms with E-state index in [9.17, 15) is 12.8 Å². The van der Waals surface area contributed by atoms with Gasteiger partial charge in [-0.25, -0.2) is 17.8 Å². The Balaban J connectivity index is 1.62. The number of aromatic nitrogens is 1. The Morgan fingerprint density at radius 3 is 2.50 bits per heavy atom. The van der Waals surface area contributed by atoms with E-state index in [0.29, 0.717) is 35.6 Å². The van der Waals surface area contributed by atoms with Gasteiger partial charge in [-0.2, -0.15) is 0 Å². The van der Waals surface area contributed by atoms with Gasteiger partial charge in [-0.05, 0) is 55.7 Å². The number of halogens is 1. The fourth-order valence-electron chi connectivity index (χ4n) is 2.90. The van der Waals surface area contributed by atoms with Crippen LogP contribution in [0.3, 0.4) is 0 Å². The van der Waals surface area contributed by atoms with Crippen molar-refractivity contribution in [1.29, 1.82) is 0 Å². The standard InChI is InChI=1S/C21H22FN3O2S/c1-15-7-9-20(16(2)13-15)28(26,27)25-18-8-10-21(24-14-18)23-12-11-17-5-3-4-6-19(17)22/h3-10,13-14,25H,11-12H2,1-2H3,(H,23,24). The Bertz CT molecular complexity index is 1070. The van der Waals surface area contributed by atoms with Crippen LogP contribution in [0.5, 0.6) is 0 Å². The number of benzene rings is 2. The summed E-state index contributed by atoms with van der Waals surface area (Å²) >= 11 is 0. The van der Waals surface area contributed by atoms with E-state index in [-0.39, 0.29) is 10.7 Å². The van der Waals surface area contributed by atoms with Crippen molar-refractivity contribution in [3.8, 4) is 0 Å². The van der Waals surface area contributed by atoms with E-state index in [0.717, 1.165) is 5.56 Å². The number of pyridine rings is 1. The number of nitrogens with zero attached hydrogens (tertiary/aromatic N) is 1. The zero-order valence-corrected chi connectivity index (χ0v) is 16.6. The third kappa shape index (κ3) is 4.86. The minimum atomic E-state index is -3.68. The van der Waals surface area contributed by atoms with E-state index in [4.69, 9.17) is 0 Å². The topological polar surface area (TPSA) is 71.1 Å². The van der Waals surface area contributed by atoms with Crippen molar-refractivity contribution < 1.29 is 12.8 Å². The van der Waals surface area contributed by atoms with Crippen LogP contribution in [0.25, 0.3) is 0 Å². The average molecular weight is 399 g/mol. The molecule has 0 aliphatic carbocycles. The molecule has 0 aliphatic heterocycles. The van der Waals surface area contributed by atoms with Crippen molar-refractivity contribution in [3.05, 3.63) is 83.3 Å². The van der Waals surface area contributed by atoms with Crippen LogP contribution in [0.1, 0.15) is 16.7 Å². The molecular formula is C21H22FN3O2S. The fourth-order valence-corrected chi connectivity index (χ4v) is 4.17.